The Hall–Kier alpha value is -3.83. The van der Waals surface area contributed by atoms with Crippen molar-refractivity contribution in [1.29, 1.82) is 0 Å². The number of piperazine rings is 1. The van der Waals surface area contributed by atoms with E-state index in [9.17, 15) is 8.42 Å². The van der Waals surface area contributed by atoms with Gasteiger partial charge in [-0.25, -0.2) is 13.4 Å². The molecule has 0 atom stereocenters. The van der Waals surface area contributed by atoms with E-state index in [0.717, 1.165) is 54.2 Å². The number of sulfonamides is 1. The topological polar surface area (TPSA) is 107 Å². The van der Waals surface area contributed by atoms with Gasteiger partial charge in [-0.05, 0) is 42.0 Å². The van der Waals surface area contributed by atoms with Gasteiger partial charge in [0.25, 0.3) is 0 Å². The van der Waals surface area contributed by atoms with Gasteiger partial charge in [0.1, 0.15) is 5.65 Å². The van der Waals surface area contributed by atoms with Crippen molar-refractivity contribution in [1.82, 2.24) is 19.9 Å². The number of rotatable bonds is 8. The van der Waals surface area contributed by atoms with Gasteiger partial charge in [-0.2, -0.15) is 4.98 Å². The van der Waals surface area contributed by atoms with Gasteiger partial charge in [0, 0.05) is 69.4 Å². The average molecular weight is 521 g/mol. The smallest absolute Gasteiger partial charge is 0.232 e. The Morgan fingerprint density at radius 3 is 2.54 bits per heavy atom. The maximum Gasteiger partial charge on any atom is 0.232 e. The van der Waals surface area contributed by atoms with Crippen LogP contribution in [0.2, 0.25) is 0 Å². The molecule has 37 heavy (non-hydrogen) atoms. The van der Waals surface area contributed by atoms with Gasteiger partial charge < -0.3 is 25.4 Å². The number of benzene rings is 2. The van der Waals surface area contributed by atoms with Crippen LogP contribution in [0.4, 0.5) is 28.7 Å². The summed E-state index contributed by atoms with van der Waals surface area (Å²) in [5.41, 5.74) is 5.09. The Morgan fingerprint density at radius 1 is 1.08 bits per heavy atom. The lowest BCUT2D eigenvalue weighted by Gasteiger charge is -2.29. The fourth-order valence-electron chi connectivity index (χ4n) is 4.61. The molecule has 3 heterocycles. The van der Waals surface area contributed by atoms with Crippen LogP contribution in [-0.4, -0.2) is 69.5 Å². The lowest BCUT2D eigenvalue weighted by Crippen LogP contribution is -2.43. The molecule has 5 rings (SSSR count). The first-order valence-corrected chi connectivity index (χ1v) is 14.1. The Bertz CT molecular complexity index is 1500. The van der Waals surface area contributed by atoms with Crippen molar-refractivity contribution in [3.05, 3.63) is 66.5 Å². The summed E-state index contributed by atoms with van der Waals surface area (Å²) in [7, 11) is -0.0890. The second-order valence-electron chi connectivity index (χ2n) is 9.12. The van der Waals surface area contributed by atoms with E-state index >= 15 is 0 Å². The normalized spacial score (nSPS) is 14.1. The third kappa shape index (κ3) is 5.32. The van der Waals surface area contributed by atoms with Crippen LogP contribution in [0.5, 0.6) is 0 Å². The molecule has 0 spiro atoms. The van der Waals surface area contributed by atoms with Crippen molar-refractivity contribution in [2.24, 2.45) is 0 Å². The largest absolute Gasteiger partial charge is 0.386 e. The third-order valence-corrected chi connectivity index (χ3v) is 7.83. The summed E-state index contributed by atoms with van der Waals surface area (Å²) in [5, 5.41) is 10.7. The zero-order chi connectivity index (χ0) is 26.0. The molecule has 1 aliphatic rings. The molecule has 11 heteroatoms. The number of hydrogen-bond acceptors (Lipinski definition) is 8. The highest BCUT2D eigenvalue weighted by Gasteiger charge is 2.20. The molecule has 2 aromatic heterocycles. The standard InChI is InChI=1S/C26H32N8O2S/c1-27-23-6-4-5-20(24(23)32(2)37(3,35)36)18-34-14-11-19-17-29-26(31-25(19)34)30-21-7-9-22(10-8-21)33-15-12-28-13-16-33/h4-11,14,17,27-28H,12-13,15-16,18H2,1-3H3,(H,29,30,31). The van der Waals surface area contributed by atoms with Gasteiger partial charge in [0.05, 0.1) is 24.2 Å². The predicted octanol–water partition coefficient (Wildman–Crippen LogP) is 3.07. The Kier molecular flexibility index (Phi) is 6.90. The predicted molar refractivity (Wildman–Crippen MR) is 151 cm³/mol. The minimum atomic E-state index is -3.44. The summed E-state index contributed by atoms with van der Waals surface area (Å²) in [5.74, 6) is 0.500. The molecule has 2 aromatic carbocycles. The minimum Gasteiger partial charge on any atom is -0.386 e. The zero-order valence-corrected chi connectivity index (χ0v) is 22.1. The van der Waals surface area contributed by atoms with Crippen molar-refractivity contribution in [3.8, 4) is 0 Å². The second-order valence-corrected chi connectivity index (χ2v) is 11.1. The fourth-order valence-corrected chi connectivity index (χ4v) is 5.16. The van der Waals surface area contributed by atoms with E-state index < -0.39 is 10.0 Å². The Balaban J connectivity index is 1.41. The van der Waals surface area contributed by atoms with E-state index in [1.165, 1.54) is 16.2 Å². The Labute approximate surface area is 217 Å². The molecule has 0 bridgehead atoms. The summed E-state index contributed by atoms with van der Waals surface area (Å²) in [6, 6.07) is 16.0. The molecule has 0 unspecified atom stereocenters. The molecule has 0 saturated carbocycles. The van der Waals surface area contributed by atoms with Crippen molar-refractivity contribution in [3.63, 3.8) is 0 Å². The summed E-state index contributed by atoms with van der Waals surface area (Å²) < 4.78 is 28.0. The molecule has 0 radical (unpaired) electrons. The van der Waals surface area contributed by atoms with Crippen LogP contribution in [0.25, 0.3) is 11.0 Å². The van der Waals surface area contributed by atoms with Gasteiger partial charge in [-0.3, -0.25) is 4.31 Å². The minimum absolute atomic E-state index is 0.448. The number of aromatic nitrogens is 3. The fraction of sp³-hybridized carbons (Fsp3) is 0.308. The quantitative estimate of drug-likeness (QED) is 0.325. The second kappa shape index (κ2) is 10.3. The molecule has 194 valence electrons. The van der Waals surface area contributed by atoms with Crippen LogP contribution < -0.4 is 25.2 Å². The molecule has 1 aliphatic heterocycles. The van der Waals surface area contributed by atoms with Crippen LogP contribution in [0, 0.1) is 0 Å². The van der Waals surface area contributed by atoms with E-state index in [1.54, 1.807) is 20.3 Å². The molecular weight excluding hydrogens is 488 g/mol. The van der Waals surface area contributed by atoms with Crippen LogP contribution in [0.3, 0.4) is 0 Å². The molecule has 0 amide bonds. The maximum atomic E-state index is 12.4. The monoisotopic (exact) mass is 520 g/mol. The van der Waals surface area contributed by atoms with Crippen LogP contribution in [-0.2, 0) is 16.6 Å². The molecule has 10 nitrogen and oxygen atoms in total. The van der Waals surface area contributed by atoms with Gasteiger partial charge in [-0.1, -0.05) is 12.1 Å². The Morgan fingerprint density at radius 2 is 1.84 bits per heavy atom. The summed E-state index contributed by atoms with van der Waals surface area (Å²) in [6.07, 6.45) is 4.95. The van der Waals surface area contributed by atoms with E-state index in [1.807, 2.05) is 47.2 Å². The van der Waals surface area contributed by atoms with Gasteiger partial charge in [0.15, 0.2) is 0 Å². The average Bonchev–Trinajstić information content (AvgIpc) is 3.30. The van der Waals surface area contributed by atoms with Crippen molar-refractivity contribution >= 4 is 49.8 Å². The first-order valence-electron chi connectivity index (χ1n) is 12.2. The number of nitrogens with one attached hydrogen (secondary N) is 3. The molecule has 0 aliphatic carbocycles. The zero-order valence-electron chi connectivity index (χ0n) is 21.3. The van der Waals surface area contributed by atoms with E-state index in [4.69, 9.17) is 4.98 Å². The number of nitrogens with zero attached hydrogens (tertiary/aromatic N) is 5. The first kappa shape index (κ1) is 24.8. The SMILES string of the molecule is CNc1cccc(Cn2ccc3cnc(Nc4ccc(N5CCNCC5)cc4)nc32)c1N(C)S(C)(=O)=O. The maximum absolute atomic E-state index is 12.4. The molecular formula is C26H32N8O2S. The number of fused-ring (bicyclic) bond motifs is 1. The van der Waals surface area contributed by atoms with Crippen molar-refractivity contribution in [2.75, 3.05) is 66.4 Å². The van der Waals surface area contributed by atoms with E-state index in [0.29, 0.717) is 18.2 Å². The molecule has 1 saturated heterocycles. The molecule has 4 aromatic rings. The lowest BCUT2D eigenvalue weighted by atomic mass is 10.1. The van der Waals surface area contributed by atoms with Crippen LogP contribution in [0.1, 0.15) is 5.56 Å². The van der Waals surface area contributed by atoms with Crippen molar-refractivity contribution < 1.29 is 8.42 Å². The van der Waals surface area contributed by atoms with Crippen LogP contribution in [0.15, 0.2) is 60.9 Å². The number of anilines is 5. The summed E-state index contributed by atoms with van der Waals surface area (Å²) in [4.78, 5) is 11.6. The summed E-state index contributed by atoms with van der Waals surface area (Å²) >= 11 is 0. The molecule has 3 N–H and O–H groups in total. The lowest BCUT2D eigenvalue weighted by molar-refractivity contribution is 0.589. The number of hydrogen-bond donors (Lipinski definition) is 3. The van der Waals surface area contributed by atoms with Gasteiger partial charge in [0.2, 0.25) is 16.0 Å². The highest BCUT2D eigenvalue weighted by Crippen LogP contribution is 2.32. The summed E-state index contributed by atoms with van der Waals surface area (Å²) in [6.45, 7) is 4.45. The van der Waals surface area contributed by atoms with Gasteiger partial charge >= 0.3 is 0 Å². The highest BCUT2D eigenvalue weighted by atomic mass is 32.2. The van der Waals surface area contributed by atoms with E-state index in [2.05, 4.69) is 38.0 Å². The van der Waals surface area contributed by atoms with Crippen LogP contribution >= 0.6 is 0 Å². The molecule has 1 fully saturated rings. The first-order chi connectivity index (χ1) is 17.8. The van der Waals surface area contributed by atoms with Crippen molar-refractivity contribution in [2.45, 2.75) is 6.54 Å². The third-order valence-electron chi connectivity index (χ3n) is 6.65. The van der Waals surface area contributed by atoms with Gasteiger partial charge in [-0.15, -0.1) is 0 Å². The highest BCUT2D eigenvalue weighted by molar-refractivity contribution is 7.92. The number of para-hydroxylation sites is 1. The van der Waals surface area contributed by atoms with E-state index in [-0.39, 0.29) is 0 Å².